The lowest BCUT2D eigenvalue weighted by Gasteiger charge is -1.91. The van der Waals surface area contributed by atoms with Crippen molar-refractivity contribution in [2.75, 3.05) is 0 Å². The standard InChI is InChI=1S/C5H6BrN3O2/c1-3-4(6)5(9(10)11)8(2)7-3/h1-2H3. The minimum atomic E-state index is -0.468. The van der Waals surface area contributed by atoms with Crippen molar-refractivity contribution in [2.24, 2.45) is 7.05 Å². The Morgan fingerprint density at radius 2 is 2.27 bits per heavy atom. The smallest absolute Gasteiger partial charge is 0.358 e. The molecule has 0 fully saturated rings. The second-order valence-electron chi connectivity index (χ2n) is 2.10. The Labute approximate surface area is 71.3 Å². The number of halogens is 1. The molecule has 0 aliphatic carbocycles. The Kier molecular flexibility index (Phi) is 1.95. The zero-order valence-electron chi connectivity index (χ0n) is 6.04. The van der Waals surface area contributed by atoms with Gasteiger partial charge in [-0.2, -0.15) is 0 Å². The Bertz CT molecular complexity index is 307. The van der Waals surface area contributed by atoms with Gasteiger partial charge in [0.05, 0.1) is 0 Å². The molecule has 0 spiro atoms. The fourth-order valence-electron chi connectivity index (χ4n) is 0.818. The molecule has 0 aliphatic rings. The first kappa shape index (κ1) is 8.19. The SMILES string of the molecule is Cc1nn(C)c([N+](=O)[O-])c1Br. The summed E-state index contributed by atoms with van der Waals surface area (Å²) in [6, 6.07) is 0. The number of hydrogen-bond donors (Lipinski definition) is 0. The van der Waals surface area contributed by atoms with Gasteiger partial charge in [0, 0.05) is 0 Å². The average molecular weight is 220 g/mol. The Morgan fingerprint density at radius 3 is 2.45 bits per heavy atom. The molecule has 1 rings (SSSR count). The molecule has 0 bridgehead atoms. The van der Waals surface area contributed by atoms with Gasteiger partial charge in [-0.1, -0.05) is 5.10 Å². The van der Waals surface area contributed by atoms with Crippen LogP contribution in [0, 0.1) is 17.0 Å². The molecule has 60 valence electrons. The van der Waals surface area contributed by atoms with Crippen LogP contribution in [0.5, 0.6) is 0 Å². The topological polar surface area (TPSA) is 61.0 Å². The van der Waals surface area contributed by atoms with Crippen LogP contribution in [-0.2, 0) is 7.05 Å². The third kappa shape index (κ3) is 1.25. The van der Waals surface area contributed by atoms with Crippen molar-refractivity contribution in [3.8, 4) is 0 Å². The summed E-state index contributed by atoms with van der Waals surface area (Å²) >= 11 is 3.08. The maximum absolute atomic E-state index is 10.4. The number of aryl methyl sites for hydroxylation is 2. The minimum Gasteiger partial charge on any atom is -0.358 e. The lowest BCUT2D eigenvalue weighted by Crippen LogP contribution is -1.98. The molecule has 0 atom stereocenters. The van der Waals surface area contributed by atoms with Crippen LogP contribution in [0.1, 0.15) is 5.69 Å². The van der Waals surface area contributed by atoms with Crippen molar-refractivity contribution in [1.82, 2.24) is 9.78 Å². The summed E-state index contributed by atoms with van der Waals surface area (Å²) in [5.74, 6) is -0.0116. The van der Waals surface area contributed by atoms with Crippen LogP contribution in [0.4, 0.5) is 5.82 Å². The van der Waals surface area contributed by atoms with Crippen molar-refractivity contribution in [3.05, 3.63) is 20.3 Å². The van der Waals surface area contributed by atoms with Crippen LogP contribution in [0.2, 0.25) is 0 Å². The predicted molar refractivity (Wildman–Crippen MR) is 42.3 cm³/mol. The highest BCUT2D eigenvalue weighted by molar-refractivity contribution is 9.10. The largest absolute Gasteiger partial charge is 0.359 e. The molecule has 0 saturated heterocycles. The second-order valence-corrected chi connectivity index (χ2v) is 2.90. The van der Waals surface area contributed by atoms with Crippen LogP contribution in [0.25, 0.3) is 0 Å². The average Bonchev–Trinajstić information content (AvgIpc) is 2.07. The van der Waals surface area contributed by atoms with Crippen molar-refractivity contribution in [1.29, 1.82) is 0 Å². The van der Waals surface area contributed by atoms with Crippen LogP contribution in [0.15, 0.2) is 4.47 Å². The fourth-order valence-corrected chi connectivity index (χ4v) is 1.30. The van der Waals surface area contributed by atoms with E-state index >= 15 is 0 Å². The van der Waals surface area contributed by atoms with E-state index in [1.807, 2.05) is 0 Å². The number of nitrogens with zero attached hydrogens (tertiary/aromatic N) is 3. The van der Waals surface area contributed by atoms with E-state index in [1.165, 1.54) is 11.7 Å². The predicted octanol–water partition coefficient (Wildman–Crippen LogP) is 1.40. The molecule has 0 radical (unpaired) electrons. The van der Waals surface area contributed by atoms with E-state index in [1.54, 1.807) is 6.92 Å². The van der Waals surface area contributed by atoms with E-state index in [0.29, 0.717) is 10.2 Å². The highest BCUT2D eigenvalue weighted by Gasteiger charge is 2.20. The van der Waals surface area contributed by atoms with Crippen molar-refractivity contribution in [2.45, 2.75) is 6.92 Å². The summed E-state index contributed by atoms with van der Waals surface area (Å²) in [4.78, 5) is 9.90. The molecule has 1 aromatic heterocycles. The third-order valence-corrected chi connectivity index (χ3v) is 2.22. The first-order valence-electron chi connectivity index (χ1n) is 2.87. The monoisotopic (exact) mass is 219 g/mol. The van der Waals surface area contributed by atoms with Crippen LogP contribution in [0.3, 0.4) is 0 Å². The number of nitro groups is 1. The molecule has 11 heavy (non-hydrogen) atoms. The normalized spacial score (nSPS) is 10.1. The first-order chi connectivity index (χ1) is 5.04. The van der Waals surface area contributed by atoms with Gasteiger partial charge in [-0.3, -0.25) is 0 Å². The molecule has 0 saturated carbocycles. The third-order valence-electron chi connectivity index (χ3n) is 1.29. The summed E-state index contributed by atoms with van der Waals surface area (Å²) < 4.78 is 1.68. The van der Waals surface area contributed by atoms with Crippen molar-refractivity contribution >= 4 is 21.7 Å². The van der Waals surface area contributed by atoms with Crippen molar-refractivity contribution < 1.29 is 4.92 Å². The van der Waals surface area contributed by atoms with Gasteiger partial charge in [-0.15, -0.1) is 4.68 Å². The van der Waals surface area contributed by atoms with Crippen LogP contribution >= 0.6 is 15.9 Å². The maximum Gasteiger partial charge on any atom is 0.359 e. The van der Waals surface area contributed by atoms with E-state index in [0.717, 1.165) is 0 Å². The van der Waals surface area contributed by atoms with Crippen LogP contribution < -0.4 is 0 Å². The van der Waals surface area contributed by atoms with E-state index < -0.39 is 4.92 Å². The second kappa shape index (κ2) is 2.61. The summed E-state index contributed by atoms with van der Waals surface area (Å²) in [7, 11) is 1.54. The van der Waals surface area contributed by atoms with E-state index in [2.05, 4.69) is 21.0 Å². The van der Waals surface area contributed by atoms with Gasteiger partial charge in [0.15, 0.2) is 0 Å². The minimum absolute atomic E-state index is 0.0116. The summed E-state index contributed by atoms with van der Waals surface area (Å²) in [5.41, 5.74) is 0.624. The molecular weight excluding hydrogens is 214 g/mol. The Hall–Kier alpha value is -0.910. The summed E-state index contributed by atoms with van der Waals surface area (Å²) in [6.45, 7) is 1.71. The van der Waals surface area contributed by atoms with E-state index in [9.17, 15) is 10.1 Å². The van der Waals surface area contributed by atoms with Gasteiger partial charge in [0.2, 0.25) is 0 Å². The fraction of sp³-hybridized carbons (Fsp3) is 0.400. The number of aromatic nitrogens is 2. The zero-order valence-corrected chi connectivity index (χ0v) is 7.62. The molecule has 1 aromatic rings. The van der Waals surface area contributed by atoms with Gasteiger partial charge < -0.3 is 10.1 Å². The highest BCUT2D eigenvalue weighted by Crippen LogP contribution is 2.26. The number of rotatable bonds is 1. The van der Waals surface area contributed by atoms with E-state index in [-0.39, 0.29) is 5.82 Å². The highest BCUT2D eigenvalue weighted by atomic mass is 79.9. The van der Waals surface area contributed by atoms with Gasteiger partial charge in [-0.25, -0.2) is 0 Å². The number of hydrogen-bond acceptors (Lipinski definition) is 3. The van der Waals surface area contributed by atoms with Crippen LogP contribution in [-0.4, -0.2) is 14.7 Å². The first-order valence-corrected chi connectivity index (χ1v) is 3.67. The molecule has 1 heterocycles. The summed E-state index contributed by atoms with van der Waals surface area (Å²) in [6.07, 6.45) is 0. The lowest BCUT2D eigenvalue weighted by molar-refractivity contribution is -0.393. The molecule has 0 aliphatic heterocycles. The Morgan fingerprint density at radius 1 is 1.73 bits per heavy atom. The quantitative estimate of drug-likeness (QED) is 0.530. The lowest BCUT2D eigenvalue weighted by atomic mass is 10.5. The molecule has 0 N–H and O–H groups in total. The van der Waals surface area contributed by atoms with Crippen molar-refractivity contribution in [3.63, 3.8) is 0 Å². The van der Waals surface area contributed by atoms with Gasteiger partial charge in [-0.05, 0) is 27.8 Å². The van der Waals surface area contributed by atoms with Gasteiger partial charge in [0.1, 0.15) is 17.2 Å². The molecule has 5 nitrogen and oxygen atoms in total. The van der Waals surface area contributed by atoms with E-state index in [4.69, 9.17) is 0 Å². The zero-order chi connectivity index (χ0) is 8.59. The molecule has 0 unspecified atom stereocenters. The summed E-state index contributed by atoms with van der Waals surface area (Å²) in [5, 5.41) is 14.2. The molecule has 0 aromatic carbocycles. The molecular formula is C5H6BrN3O2. The van der Waals surface area contributed by atoms with Gasteiger partial charge in [0.25, 0.3) is 0 Å². The molecule has 6 heteroatoms. The van der Waals surface area contributed by atoms with Gasteiger partial charge >= 0.3 is 5.82 Å². The maximum atomic E-state index is 10.4. The Balaban J connectivity index is 3.34. The molecule has 0 amide bonds.